The standard InChI is InChI=1S/C15H29Br/c1-15(2)13-11-9-7-5-3-4-6-8-10-12-14-16/h1,3-14H2,2H3. The van der Waals surface area contributed by atoms with Gasteiger partial charge in [0.15, 0.2) is 0 Å². The maximum atomic E-state index is 3.93. The molecule has 0 nitrogen and oxygen atoms in total. The van der Waals surface area contributed by atoms with E-state index in [4.69, 9.17) is 0 Å². The molecule has 1 heteroatoms. The monoisotopic (exact) mass is 288 g/mol. The quantitative estimate of drug-likeness (QED) is 0.226. The van der Waals surface area contributed by atoms with Crippen LogP contribution in [0.4, 0.5) is 0 Å². The van der Waals surface area contributed by atoms with Crippen molar-refractivity contribution in [1.29, 1.82) is 0 Å². The summed E-state index contributed by atoms with van der Waals surface area (Å²) in [7, 11) is 0. The molecule has 0 atom stereocenters. The molecule has 0 saturated carbocycles. The third kappa shape index (κ3) is 14.2. The van der Waals surface area contributed by atoms with E-state index < -0.39 is 0 Å². The van der Waals surface area contributed by atoms with E-state index in [1.807, 2.05) is 0 Å². The molecular formula is C15H29Br. The first kappa shape index (κ1) is 16.2. The van der Waals surface area contributed by atoms with Gasteiger partial charge in [-0.3, -0.25) is 0 Å². The summed E-state index contributed by atoms with van der Waals surface area (Å²) in [5.74, 6) is 0. The van der Waals surface area contributed by atoms with Gasteiger partial charge in [0.05, 0.1) is 0 Å². The fourth-order valence-corrected chi connectivity index (χ4v) is 2.33. The first-order valence-electron chi connectivity index (χ1n) is 6.97. The topological polar surface area (TPSA) is 0 Å². The lowest BCUT2D eigenvalue weighted by Crippen LogP contribution is -1.83. The molecule has 0 aromatic carbocycles. The van der Waals surface area contributed by atoms with Crippen molar-refractivity contribution in [2.75, 3.05) is 5.33 Å². The third-order valence-electron chi connectivity index (χ3n) is 2.99. The lowest BCUT2D eigenvalue weighted by molar-refractivity contribution is 0.557. The minimum atomic E-state index is 1.18. The van der Waals surface area contributed by atoms with E-state index in [0.29, 0.717) is 0 Å². The molecule has 0 N–H and O–H groups in total. The lowest BCUT2D eigenvalue weighted by atomic mass is 10.0. The van der Waals surface area contributed by atoms with Gasteiger partial charge in [0.2, 0.25) is 0 Å². The van der Waals surface area contributed by atoms with Crippen molar-refractivity contribution in [3.8, 4) is 0 Å². The van der Waals surface area contributed by atoms with Crippen molar-refractivity contribution < 1.29 is 0 Å². The van der Waals surface area contributed by atoms with Crippen LogP contribution in [0.3, 0.4) is 0 Å². The van der Waals surface area contributed by atoms with Crippen LogP contribution in [0.15, 0.2) is 12.2 Å². The number of hydrogen-bond donors (Lipinski definition) is 0. The van der Waals surface area contributed by atoms with E-state index in [1.165, 1.54) is 81.5 Å². The molecule has 16 heavy (non-hydrogen) atoms. The zero-order valence-corrected chi connectivity index (χ0v) is 12.7. The second-order valence-electron chi connectivity index (χ2n) is 4.93. The van der Waals surface area contributed by atoms with E-state index in [9.17, 15) is 0 Å². The molecular weight excluding hydrogens is 260 g/mol. The zero-order chi connectivity index (χ0) is 12.1. The SMILES string of the molecule is C=C(C)CCCCCCCCCCCCBr. The maximum absolute atomic E-state index is 3.93. The van der Waals surface area contributed by atoms with E-state index in [1.54, 1.807) is 0 Å². The van der Waals surface area contributed by atoms with Gasteiger partial charge in [0, 0.05) is 5.33 Å². The molecule has 0 aromatic rings. The molecule has 0 radical (unpaired) electrons. The Hall–Kier alpha value is 0.220. The van der Waals surface area contributed by atoms with Crippen molar-refractivity contribution in [2.24, 2.45) is 0 Å². The lowest BCUT2D eigenvalue weighted by Gasteiger charge is -2.02. The van der Waals surface area contributed by atoms with E-state index in [0.717, 1.165) is 0 Å². The van der Waals surface area contributed by atoms with Gasteiger partial charge >= 0.3 is 0 Å². The summed E-state index contributed by atoms with van der Waals surface area (Å²) in [5.41, 5.74) is 1.34. The molecule has 0 amide bonds. The van der Waals surface area contributed by atoms with Crippen molar-refractivity contribution in [3.05, 3.63) is 12.2 Å². The molecule has 0 bridgehead atoms. The average Bonchev–Trinajstić information content (AvgIpc) is 2.25. The fraction of sp³-hybridized carbons (Fsp3) is 0.867. The number of hydrogen-bond acceptors (Lipinski definition) is 0. The summed E-state index contributed by atoms with van der Waals surface area (Å²) in [4.78, 5) is 0. The molecule has 0 heterocycles. The molecule has 0 aromatic heterocycles. The molecule has 0 rings (SSSR count). The minimum absolute atomic E-state index is 1.18. The van der Waals surface area contributed by atoms with Gasteiger partial charge in [-0.05, 0) is 26.2 Å². The van der Waals surface area contributed by atoms with Crippen molar-refractivity contribution >= 4 is 15.9 Å². The highest BCUT2D eigenvalue weighted by Crippen LogP contribution is 2.12. The smallest absolute Gasteiger partial charge is 0.00313 e. The van der Waals surface area contributed by atoms with Gasteiger partial charge in [0.25, 0.3) is 0 Å². The van der Waals surface area contributed by atoms with Gasteiger partial charge in [-0.25, -0.2) is 0 Å². The third-order valence-corrected chi connectivity index (χ3v) is 3.55. The molecule has 0 aliphatic carbocycles. The number of rotatable bonds is 12. The number of alkyl halides is 1. The summed E-state index contributed by atoms with van der Waals surface area (Å²) in [5, 5.41) is 1.18. The Morgan fingerprint density at radius 3 is 1.50 bits per heavy atom. The number of halogens is 1. The summed E-state index contributed by atoms with van der Waals surface area (Å²) in [6.45, 7) is 6.07. The normalized spacial score (nSPS) is 10.6. The molecule has 0 saturated heterocycles. The van der Waals surface area contributed by atoms with E-state index in [-0.39, 0.29) is 0 Å². The van der Waals surface area contributed by atoms with Crippen LogP contribution in [-0.4, -0.2) is 5.33 Å². The first-order valence-corrected chi connectivity index (χ1v) is 8.10. The zero-order valence-electron chi connectivity index (χ0n) is 11.1. The number of unbranched alkanes of at least 4 members (excludes halogenated alkanes) is 9. The Morgan fingerprint density at radius 1 is 0.750 bits per heavy atom. The fourth-order valence-electron chi connectivity index (χ4n) is 1.94. The van der Waals surface area contributed by atoms with Crippen LogP contribution in [0.1, 0.15) is 77.6 Å². The Balaban J connectivity index is 2.90. The number of allylic oxidation sites excluding steroid dienone is 1. The predicted octanol–water partition coefficient (Wildman–Crippen LogP) is 6.25. The highest BCUT2D eigenvalue weighted by Gasteiger charge is 1.93. The van der Waals surface area contributed by atoms with Crippen molar-refractivity contribution in [1.82, 2.24) is 0 Å². The molecule has 0 spiro atoms. The Bertz CT molecular complexity index is 152. The van der Waals surface area contributed by atoms with Crippen LogP contribution in [0.5, 0.6) is 0 Å². The second-order valence-corrected chi connectivity index (χ2v) is 5.72. The molecule has 0 unspecified atom stereocenters. The Labute approximate surface area is 111 Å². The summed E-state index contributed by atoms with van der Waals surface area (Å²) in [6, 6.07) is 0. The minimum Gasteiger partial charge on any atom is -0.100 e. The Morgan fingerprint density at radius 2 is 1.12 bits per heavy atom. The molecule has 0 aliphatic heterocycles. The van der Waals surface area contributed by atoms with Gasteiger partial charge in [-0.15, -0.1) is 6.58 Å². The van der Waals surface area contributed by atoms with Crippen molar-refractivity contribution in [2.45, 2.75) is 77.6 Å². The summed E-state index contributed by atoms with van der Waals surface area (Å²) >= 11 is 3.47. The van der Waals surface area contributed by atoms with Gasteiger partial charge < -0.3 is 0 Å². The van der Waals surface area contributed by atoms with E-state index in [2.05, 4.69) is 29.4 Å². The summed E-state index contributed by atoms with van der Waals surface area (Å²) < 4.78 is 0. The molecule has 96 valence electrons. The maximum Gasteiger partial charge on any atom is 0.00313 e. The highest BCUT2D eigenvalue weighted by molar-refractivity contribution is 9.09. The Kier molecular flexibility index (Phi) is 13.5. The van der Waals surface area contributed by atoms with Crippen LogP contribution < -0.4 is 0 Å². The largest absolute Gasteiger partial charge is 0.100 e. The van der Waals surface area contributed by atoms with Gasteiger partial charge in [0.1, 0.15) is 0 Å². The molecule has 0 fully saturated rings. The van der Waals surface area contributed by atoms with E-state index >= 15 is 0 Å². The predicted molar refractivity (Wildman–Crippen MR) is 79.4 cm³/mol. The average molecular weight is 289 g/mol. The second kappa shape index (κ2) is 13.3. The van der Waals surface area contributed by atoms with Crippen molar-refractivity contribution in [3.63, 3.8) is 0 Å². The van der Waals surface area contributed by atoms with Crippen LogP contribution in [0.25, 0.3) is 0 Å². The van der Waals surface area contributed by atoms with Crippen LogP contribution in [0.2, 0.25) is 0 Å². The highest BCUT2D eigenvalue weighted by atomic mass is 79.9. The van der Waals surface area contributed by atoms with Gasteiger partial charge in [-0.2, -0.15) is 0 Å². The first-order chi connectivity index (χ1) is 7.77. The van der Waals surface area contributed by atoms with Crippen LogP contribution >= 0.6 is 15.9 Å². The van der Waals surface area contributed by atoms with Gasteiger partial charge in [-0.1, -0.05) is 72.9 Å². The summed E-state index contributed by atoms with van der Waals surface area (Å²) in [6.07, 6.45) is 15.4. The van der Waals surface area contributed by atoms with Crippen LogP contribution in [0, 0.1) is 0 Å². The molecule has 0 aliphatic rings. The van der Waals surface area contributed by atoms with Crippen LogP contribution in [-0.2, 0) is 0 Å².